The summed E-state index contributed by atoms with van der Waals surface area (Å²) in [6.07, 6.45) is -4.63. The second-order valence-electron chi connectivity index (χ2n) is 34.5. The molecule has 135 heavy (non-hydrogen) atoms. The van der Waals surface area contributed by atoms with Gasteiger partial charge in [-0.3, -0.25) is 86.9 Å². The number of nitrogens with zero attached hydrogens (tertiary/aromatic N) is 5. The number of H-pyrrole nitrogens is 2. The van der Waals surface area contributed by atoms with Gasteiger partial charge < -0.3 is 126 Å². The molecule has 5 aromatic rings. The first kappa shape index (κ1) is 107. The number of hydrogen-bond acceptors (Lipinski definition) is 22. The van der Waals surface area contributed by atoms with Crippen LogP contribution in [0.4, 0.5) is 13.2 Å². The highest BCUT2D eigenvalue weighted by Gasteiger charge is 2.47. The number of nitrogens with two attached hydrogens (primary N) is 4. The maximum Gasteiger partial charge on any atom is 0.416 e. The van der Waals surface area contributed by atoms with Gasteiger partial charge in [0.15, 0.2) is 5.96 Å². The number of halogens is 3. The van der Waals surface area contributed by atoms with Crippen LogP contribution in [0.1, 0.15) is 140 Å². The number of primary amides is 2. The van der Waals surface area contributed by atoms with Crippen LogP contribution in [0.15, 0.2) is 85.2 Å². The summed E-state index contributed by atoms with van der Waals surface area (Å²) in [5.74, 6) is -19.4. The van der Waals surface area contributed by atoms with E-state index in [1.165, 1.54) is 20.2 Å². The van der Waals surface area contributed by atoms with Crippen molar-refractivity contribution in [2.75, 3.05) is 72.0 Å². The first-order valence-corrected chi connectivity index (χ1v) is 46.0. The third-order valence-corrected chi connectivity index (χ3v) is 24.9. The third kappa shape index (κ3) is 30.0. The zero-order valence-corrected chi connectivity index (χ0v) is 77.5. The molecule has 3 aliphatic heterocycles. The predicted molar refractivity (Wildman–Crippen MR) is 490 cm³/mol. The van der Waals surface area contributed by atoms with Crippen LogP contribution >= 0.6 is 11.8 Å². The summed E-state index contributed by atoms with van der Waals surface area (Å²) in [7, 11) is 3.71. The van der Waals surface area contributed by atoms with E-state index < -0.39 is 266 Å². The van der Waals surface area contributed by atoms with E-state index in [1.807, 2.05) is 6.92 Å². The zero-order chi connectivity index (χ0) is 99.4. The Kier molecular flexibility index (Phi) is 40.1. The fraction of sp³-hybridized carbons (Fsp3) is 0.551. The summed E-state index contributed by atoms with van der Waals surface area (Å²) < 4.78 is 42.8. The molecule has 3 aromatic carbocycles. The minimum absolute atomic E-state index is 0.0115. The van der Waals surface area contributed by atoms with Gasteiger partial charge in [0.25, 0.3) is 0 Å². The number of alkyl halides is 3. The summed E-state index contributed by atoms with van der Waals surface area (Å²) in [4.78, 5) is 260. The van der Waals surface area contributed by atoms with Crippen molar-refractivity contribution < 1.29 is 105 Å². The number of guanidine groups is 1. The van der Waals surface area contributed by atoms with Crippen LogP contribution in [-0.4, -0.2) is 314 Å². The first-order chi connectivity index (χ1) is 64.0. The second kappa shape index (κ2) is 50.4. The number of unbranched alkanes of at least 4 members (excludes halogenated alkanes) is 2. The fourth-order valence-electron chi connectivity index (χ4n) is 16.4. The number of likely N-dealkylation sites (N-methyl/N-ethyl adjacent to an activating group) is 3. The van der Waals surface area contributed by atoms with Gasteiger partial charge in [-0.2, -0.15) is 13.2 Å². The average molecular weight is 1910 g/mol. The topological polar surface area (TPSA) is 639 Å². The van der Waals surface area contributed by atoms with Gasteiger partial charge in [0.05, 0.1) is 37.0 Å². The van der Waals surface area contributed by atoms with Crippen LogP contribution in [0.3, 0.4) is 0 Å². The van der Waals surface area contributed by atoms with Crippen LogP contribution in [0.2, 0.25) is 0 Å². The number of benzene rings is 3. The number of aromatic nitrogens is 2. The minimum atomic E-state index is -4.90. The predicted octanol–water partition coefficient (Wildman–Crippen LogP) is -2.62. The summed E-state index contributed by atoms with van der Waals surface area (Å²) in [5.41, 5.74) is 23.7. The van der Waals surface area contributed by atoms with E-state index in [0.717, 1.165) is 50.6 Å². The highest BCUT2D eigenvalue weighted by molar-refractivity contribution is 8.00. The van der Waals surface area contributed by atoms with Gasteiger partial charge in [0, 0.05) is 113 Å². The van der Waals surface area contributed by atoms with Crippen molar-refractivity contribution in [3.63, 3.8) is 0 Å². The molecule has 3 aliphatic rings. The molecule has 24 N–H and O–H groups in total. The molecule has 3 saturated heterocycles. The van der Waals surface area contributed by atoms with Gasteiger partial charge in [-0.15, -0.1) is 11.8 Å². The van der Waals surface area contributed by atoms with E-state index >= 15 is 33.6 Å². The van der Waals surface area contributed by atoms with E-state index in [2.05, 4.69) is 68.5 Å². The van der Waals surface area contributed by atoms with E-state index in [9.17, 15) is 71.3 Å². The molecule has 0 saturated carbocycles. The average Bonchev–Trinajstić information content (AvgIpc) is 1.75. The molecule has 0 spiro atoms. The Hall–Kier alpha value is -13.0. The number of amides is 17. The standard InChI is InChI=1S/C89H126F3N23O19S/c1-9-11-27-67-80(127)103-58(26-18-30-98-88(96)97)76(123)110-66(75(122)101-42-72(95)119)45-135-46-73(120)102-61(34-49-20-17-21-52(33-49)89(90,91)92)83(130)111(6)48(5)74(121)105-63(38-71(94)118)85(132)114-31-19-29-68(114)81(128)108-64(39-93)78(125)106-60(32-47(3)4)86(133)115-43-53(117)37-70(115)82(129)104-59(35-50-40-99-56-24-15-13-22-54(50)56)77(124)109-65(44-116)79(126)107-62(36-51-41-100-57-25-16-14-23-55(51)57)84(131)113(8)69(28-12-10-2)87(134)112(67)7/h13-17,20-25,33,40-41,47-48,53,58-70,99-100,116-117H,9-12,18-19,26-32,34-39,42-46,93H2,1-8H3,(H2,94,118)(H2,95,119)(H,101,122)(H,102,120)(H,103,127)(H,104,129)(H,105,121)(H,106,125)(H,107,126)(H,108,128)(H,109,124)(H,110,123)(H4,96,97,98)/t48-,53+,58-,59-,60-,61-,62-,63-,64-,65-,66-,67-,68-,69-,70?/m0/s1. The minimum Gasteiger partial charge on any atom is -0.394 e. The van der Waals surface area contributed by atoms with Crippen LogP contribution in [0, 0.1) is 11.3 Å². The molecular weight excluding hydrogens is 1780 g/mol. The number of thioether (sulfide) groups is 1. The quantitative estimate of drug-likeness (QED) is 0.0162. The molecule has 0 aliphatic carbocycles. The lowest BCUT2D eigenvalue weighted by Gasteiger charge is -2.36. The number of para-hydroxylation sites is 2. The van der Waals surface area contributed by atoms with Crippen molar-refractivity contribution in [2.24, 2.45) is 28.9 Å². The van der Waals surface area contributed by atoms with Crippen molar-refractivity contribution in [1.29, 1.82) is 5.41 Å². The molecule has 738 valence electrons. The second-order valence-corrected chi connectivity index (χ2v) is 35.5. The highest BCUT2D eigenvalue weighted by Crippen LogP contribution is 2.32. The molecule has 0 radical (unpaired) electrons. The number of aliphatic hydroxyl groups excluding tert-OH is 2. The van der Waals surface area contributed by atoms with Crippen LogP contribution in [0.25, 0.3) is 21.8 Å². The number of nitrogens with one attached hydrogen (secondary N) is 14. The lowest BCUT2D eigenvalue weighted by Crippen LogP contribution is -2.62. The van der Waals surface area contributed by atoms with Crippen LogP contribution < -0.4 is 81.4 Å². The summed E-state index contributed by atoms with van der Waals surface area (Å²) >= 11 is 0.647. The van der Waals surface area contributed by atoms with Crippen molar-refractivity contribution in [2.45, 2.75) is 234 Å². The number of carbonyl (C=O) groups excluding carboxylic acids is 17. The van der Waals surface area contributed by atoms with E-state index in [-0.39, 0.29) is 88.8 Å². The van der Waals surface area contributed by atoms with E-state index in [1.54, 1.807) is 81.7 Å². The molecule has 42 nitrogen and oxygen atoms in total. The Labute approximate surface area is 782 Å². The van der Waals surface area contributed by atoms with E-state index in [0.29, 0.717) is 70.0 Å². The Morgan fingerprint density at radius 1 is 0.563 bits per heavy atom. The van der Waals surface area contributed by atoms with Crippen LogP contribution in [0.5, 0.6) is 0 Å². The lowest BCUT2D eigenvalue weighted by atomic mass is 10.00. The monoisotopic (exact) mass is 1910 g/mol. The largest absolute Gasteiger partial charge is 0.416 e. The lowest BCUT2D eigenvalue weighted by molar-refractivity contribution is -0.149. The summed E-state index contributed by atoms with van der Waals surface area (Å²) in [5, 5.41) is 59.8. The number of carbonyl (C=O) groups is 17. The highest BCUT2D eigenvalue weighted by atomic mass is 32.2. The van der Waals surface area contributed by atoms with Gasteiger partial charge in [-0.05, 0) is 92.7 Å². The molecule has 3 fully saturated rings. The molecule has 5 heterocycles. The number of hydrogen-bond donors (Lipinski definition) is 20. The maximum absolute atomic E-state index is 15.7. The zero-order valence-electron chi connectivity index (χ0n) is 76.7. The summed E-state index contributed by atoms with van der Waals surface area (Å²) in [6, 6.07) is -5.22. The van der Waals surface area contributed by atoms with Crippen LogP contribution in [-0.2, 0) is 107 Å². The molecule has 15 atom stereocenters. The van der Waals surface area contributed by atoms with Crippen molar-refractivity contribution in [3.05, 3.63) is 107 Å². The number of rotatable bonds is 25. The third-order valence-electron chi connectivity index (χ3n) is 23.9. The molecule has 2 aromatic heterocycles. The Balaban J connectivity index is 1.20. The van der Waals surface area contributed by atoms with Crippen molar-refractivity contribution >= 4 is 140 Å². The molecule has 8 rings (SSSR count). The molecule has 1 unspecified atom stereocenters. The van der Waals surface area contributed by atoms with Crippen molar-refractivity contribution in [1.82, 2.24) is 93.0 Å². The van der Waals surface area contributed by atoms with Gasteiger partial charge in [-0.1, -0.05) is 108 Å². The van der Waals surface area contributed by atoms with Crippen molar-refractivity contribution in [3.8, 4) is 0 Å². The van der Waals surface area contributed by atoms with Gasteiger partial charge >= 0.3 is 6.18 Å². The van der Waals surface area contributed by atoms with Gasteiger partial charge in [-0.25, -0.2) is 0 Å². The molecule has 46 heteroatoms. The first-order valence-electron chi connectivity index (χ1n) is 44.9. The molecule has 0 bridgehead atoms. The summed E-state index contributed by atoms with van der Waals surface area (Å²) in [6.45, 7) is 4.95. The SMILES string of the molecule is CCCC[C@H]1C(=O)N(C)[C@@H](CCCC)C(=O)N[C@@H](CCCNC(=N)N)C(=O)N[C@H](C(=O)NCC(N)=O)CSCC(=O)N[C@@H](Cc2cccc(C(F)(F)F)c2)C(=O)N(C)[C@@H](C)C(=O)N[C@@H](CC(N)=O)C(=O)N2CCC[C@H]2C(=O)N[C@@H](CN)C(=O)N[C@@H](CC(C)C)C(=O)N2C[C@H](O)CC2C(=O)N[C@@H](Cc2c[nH]c3ccccc23)C(=O)N[C@@H](CO)C(=O)N[C@@H](Cc2c[nH]c3ccccc23)C(=O)N1C. The molecular formula is C89H126F3N23O19S. The Bertz CT molecular complexity index is 5100. The van der Waals surface area contributed by atoms with Gasteiger partial charge in [0.2, 0.25) is 100 Å². The number of aliphatic hydroxyl groups is 2. The fourth-order valence-corrected chi connectivity index (χ4v) is 17.3. The smallest absolute Gasteiger partial charge is 0.394 e. The van der Waals surface area contributed by atoms with E-state index in [4.69, 9.17) is 28.3 Å². The maximum atomic E-state index is 15.7. The number of aromatic amines is 2. The van der Waals surface area contributed by atoms with Gasteiger partial charge in [0.1, 0.15) is 84.6 Å². The Morgan fingerprint density at radius 3 is 1.70 bits per heavy atom. The normalized spacial score (nSPS) is 24.9. The molecule has 17 amide bonds. The number of fused-ring (bicyclic) bond motifs is 4. The Morgan fingerprint density at radius 2 is 1.10 bits per heavy atom.